The summed E-state index contributed by atoms with van der Waals surface area (Å²) in [4.78, 5) is 5.28. The van der Waals surface area contributed by atoms with Crippen LogP contribution in [-0.2, 0) is 4.74 Å². The molecular weight excluding hydrogens is 224 g/mol. The van der Waals surface area contributed by atoms with Gasteiger partial charge >= 0.3 is 0 Å². The summed E-state index contributed by atoms with van der Waals surface area (Å²) in [6.45, 7) is 13.1. The highest BCUT2D eigenvalue weighted by atomic mass is 16.5. The molecule has 0 aromatic rings. The molecule has 1 saturated carbocycles. The summed E-state index contributed by atoms with van der Waals surface area (Å²) in [7, 11) is 1.84. The molecule has 1 heterocycles. The second kappa shape index (κ2) is 5.89. The van der Waals surface area contributed by atoms with E-state index in [1.807, 2.05) is 7.11 Å². The van der Waals surface area contributed by atoms with Gasteiger partial charge in [-0.15, -0.1) is 0 Å². The predicted molar refractivity (Wildman–Crippen MR) is 75.9 cm³/mol. The van der Waals surface area contributed by atoms with Gasteiger partial charge in [-0.25, -0.2) is 0 Å². The molecule has 0 bridgehead atoms. The minimum Gasteiger partial charge on any atom is -0.381 e. The second-order valence-electron chi connectivity index (χ2n) is 6.69. The molecule has 0 atom stereocenters. The fraction of sp³-hybridized carbons (Fsp3) is 1.00. The van der Waals surface area contributed by atoms with Gasteiger partial charge in [-0.2, -0.15) is 0 Å². The first kappa shape index (κ1) is 14.3. The summed E-state index contributed by atoms with van der Waals surface area (Å²) >= 11 is 0. The zero-order chi connectivity index (χ0) is 13.3. The molecule has 0 N–H and O–H groups in total. The van der Waals surface area contributed by atoms with E-state index in [0.29, 0.717) is 12.1 Å². The predicted octanol–water partition coefficient (Wildman–Crippen LogP) is 2.21. The maximum atomic E-state index is 5.41. The van der Waals surface area contributed by atoms with Crippen LogP contribution in [0.2, 0.25) is 0 Å². The Morgan fingerprint density at radius 3 is 2.22 bits per heavy atom. The van der Waals surface area contributed by atoms with Crippen LogP contribution in [-0.4, -0.2) is 60.8 Å². The number of methoxy groups -OCH3 is 1. The van der Waals surface area contributed by atoms with Crippen molar-refractivity contribution in [3.8, 4) is 0 Å². The summed E-state index contributed by atoms with van der Waals surface area (Å²) < 4.78 is 5.41. The first-order chi connectivity index (χ1) is 8.51. The molecule has 1 saturated heterocycles. The number of hydrogen-bond acceptors (Lipinski definition) is 3. The molecule has 0 spiro atoms. The summed E-state index contributed by atoms with van der Waals surface area (Å²) in [5.41, 5.74) is 0. The van der Waals surface area contributed by atoms with Crippen molar-refractivity contribution in [1.29, 1.82) is 0 Å². The Kier molecular flexibility index (Phi) is 4.68. The number of ether oxygens (including phenoxy) is 1. The van der Waals surface area contributed by atoms with E-state index < -0.39 is 0 Å². The highest BCUT2D eigenvalue weighted by Crippen LogP contribution is 2.31. The molecule has 18 heavy (non-hydrogen) atoms. The van der Waals surface area contributed by atoms with Crippen LogP contribution in [0.3, 0.4) is 0 Å². The molecule has 2 aliphatic rings. The Morgan fingerprint density at radius 1 is 1.17 bits per heavy atom. The van der Waals surface area contributed by atoms with Crippen LogP contribution in [0, 0.1) is 5.92 Å². The van der Waals surface area contributed by atoms with E-state index in [4.69, 9.17) is 4.74 Å². The summed E-state index contributed by atoms with van der Waals surface area (Å²) in [6.07, 6.45) is 2.98. The van der Waals surface area contributed by atoms with E-state index >= 15 is 0 Å². The molecule has 0 aromatic heterocycles. The molecule has 3 nitrogen and oxygen atoms in total. The summed E-state index contributed by atoms with van der Waals surface area (Å²) in [5, 5.41) is 0. The molecule has 106 valence electrons. The van der Waals surface area contributed by atoms with Crippen LogP contribution in [0.25, 0.3) is 0 Å². The molecule has 2 rings (SSSR count). The lowest BCUT2D eigenvalue weighted by atomic mass is 9.85. The fourth-order valence-electron chi connectivity index (χ4n) is 3.23. The Balaban J connectivity index is 1.75. The van der Waals surface area contributed by atoms with Crippen LogP contribution < -0.4 is 0 Å². The van der Waals surface area contributed by atoms with Crippen molar-refractivity contribution in [3.63, 3.8) is 0 Å². The van der Waals surface area contributed by atoms with Gasteiger partial charge in [-0.1, -0.05) is 0 Å². The van der Waals surface area contributed by atoms with Gasteiger partial charge < -0.3 is 9.64 Å². The van der Waals surface area contributed by atoms with Gasteiger partial charge in [0.15, 0.2) is 0 Å². The second-order valence-corrected chi connectivity index (χ2v) is 6.69. The van der Waals surface area contributed by atoms with E-state index in [-0.39, 0.29) is 0 Å². The lowest BCUT2D eigenvalue weighted by molar-refractivity contribution is -0.0547. The number of rotatable bonds is 6. The smallest absolute Gasteiger partial charge is 0.0601 e. The zero-order valence-electron chi connectivity index (χ0n) is 12.7. The van der Waals surface area contributed by atoms with Crippen LogP contribution in [0.15, 0.2) is 0 Å². The lowest BCUT2D eigenvalue weighted by Gasteiger charge is -2.49. The number of hydrogen-bond donors (Lipinski definition) is 0. The lowest BCUT2D eigenvalue weighted by Crippen LogP contribution is -2.58. The van der Waals surface area contributed by atoms with Gasteiger partial charge in [0.05, 0.1) is 6.10 Å². The Bertz CT molecular complexity index is 255. The Labute approximate surface area is 112 Å². The average molecular weight is 254 g/mol. The minimum atomic E-state index is 0.518. The van der Waals surface area contributed by atoms with Crippen molar-refractivity contribution in [2.75, 3.05) is 26.7 Å². The van der Waals surface area contributed by atoms with Crippen LogP contribution in [0.1, 0.15) is 40.5 Å². The third-order valence-electron chi connectivity index (χ3n) is 4.72. The van der Waals surface area contributed by atoms with Crippen LogP contribution in [0.4, 0.5) is 0 Å². The molecular formula is C15H30N2O. The van der Waals surface area contributed by atoms with Crippen molar-refractivity contribution < 1.29 is 4.74 Å². The monoisotopic (exact) mass is 254 g/mol. The molecule has 0 amide bonds. The van der Waals surface area contributed by atoms with E-state index in [1.165, 1.54) is 32.5 Å². The van der Waals surface area contributed by atoms with Gasteiger partial charge in [0.25, 0.3) is 0 Å². The topological polar surface area (TPSA) is 15.7 Å². The molecule has 0 aromatic carbocycles. The van der Waals surface area contributed by atoms with Gasteiger partial charge in [0.2, 0.25) is 0 Å². The fourth-order valence-corrected chi connectivity index (χ4v) is 3.23. The van der Waals surface area contributed by atoms with Crippen molar-refractivity contribution in [2.45, 2.75) is 64.8 Å². The first-order valence-corrected chi connectivity index (χ1v) is 7.53. The van der Waals surface area contributed by atoms with Gasteiger partial charge in [0.1, 0.15) is 0 Å². The van der Waals surface area contributed by atoms with Gasteiger partial charge in [-0.05, 0) is 46.5 Å². The van der Waals surface area contributed by atoms with E-state index in [9.17, 15) is 0 Å². The molecule has 1 aliphatic heterocycles. The van der Waals surface area contributed by atoms with Crippen LogP contribution in [0.5, 0.6) is 0 Å². The SMILES string of the molecule is CO[C@H]1C[C@H](N(CC2CN(C(C)C)C2)C(C)C)C1. The quantitative estimate of drug-likeness (QED) is 0.723. The van der Waals surface area contributed by atoms with E-state index in [0.717, 1.165) is 18.0 Å². The van der Waals surface area contributed by atoms with E-state index in [1.54, 1.807) is 0 Å². The van der Waals surface area contributed by atoms with E-state index in [2.05, 4.69) is 37.5 Å². The average Bonchev–Trinajstić information content (AvgIpc) is 2.16. The highest BCUT2D eigenvalue weighted by Gasteiger charge is 2.38. The Morgan fingerprint density at radius 2 is 1.78 bits per heavy atom. The number of likely N-dealkylation sites (tertiary alicyclic amines) is 1. The standard InChI is InChI=1S/C15H30N2O/c1-11(2)16-8-13(9-16)10-17(12(3)4)14-6-15(7-14)18-5/h11-15H,6-10H2,1-5H3/t14-,15-. The normalized spacial score (nSPS) is 30.0. The largest absolute Gasteiger partial charge is 0.381 e. The molecule has 0 radical (unpaired) electrons. The van der Waals surface area contributed by atoms with Crippen molar-refractivity contribution in [2.24, 2.45) is 5.92 Å². The third kappa shape index (κ3) is 3.06. The Hall–Kier alpha value is -0.120. The number of nitrogens with zero attached hydrogens (tertiary/aromatic N) is 2. The molecule has 3 heteroatoms. The first-order valence-electron chi connectivity index (χ1n) is 7.53. The van der Waals surface area contributed by atoms with Gasteiger partial charge in [0, 0.05) is 44.9 Å². The van der Waals surface area contributed by atoms with Crippen molar-refractivity contribution >= 4 is 0 Å². The maximum absolute atomic E-state index is 5.41. The summed E-state index contributed by atoms with van der Waals surface area (Å²) in [6, 6.07) is 2.15. The van der Waals surface area contributed by atoms with Crippen molar-refractivity contribution in [1.82, 2.24) is 9.80 Å². The molecule has 0 unspecified atom stereocenters. The highest BCUT2D eigenvalue weighted by molar-refractivity contribution is 4.92. The zero-order valence-corrected chi connectivity index (χ0v) is 12.7. The minimum absolute atomic E-state index is 0.518. The summed E-state index contributed by atoms with van der Waals surface area (Å²) in [5.74, 6) is 0.886. The molecule has 2 fully saturated rings. The van der Waals surface area contributed by atoms with Crippen molar-refractivity contribution in [3.05, 3.63) is 0 Å². The van der Waals surface area contributed by atoms with Gasteiger partial charge in [-0.3, -0.25) is 4.90 Å². The third-order valence-corrected chi connectivity index (χ3v) is 4.72. The van der Waals surface area contributed by atoms with Crippen LogP contribution >= 0.6 is 0 Å². The maximum Gasteiger partial charge on any atom is 0.0601 e. The molecule has 1 aliphatic carbocycles.